The Morgan fingerprint density at radius 3 is 2.79 bits per heavy atom. The number of fused-ring (bicyclic) bond motifs is 2. The van der Waals surface area contributed by atoms with E-state index in [1.54, 1.807) is 23.1 Å². The molecule has 0 bridgehead atoms. The van der Waals surface area contributed by atoms with Gasteiger partial charge in [-0.2, -0.15) is 4.98 Å². The van der Waals surface area contributed by atoms with Gasteiger partial charge in [-0.05, 0) is 43.7 Å². The molecule has 2 heterocycles. The van der Waals surface area contributed by atoms with E-state index >= 15 is 0 Å². The summed E-state index contributed by atoms with van der Waals surface area (Å²) in [6, 6.07) is 13.8. The van der Waals surface area contributed by atoms with E-state index in [0.29, 0.717) is 29.3 Å². The van der Waals surface area contributed by atoms with Gasteiger partial charge in [0.15, 0.2) is 5.58 Å². The molecule has 0 unspecified atom stereocenters. The Labute approximate surface area is 168 Å². The van der Waals surface area contributed by atoms with Gasteiger partial charge in [0.25, 0.3) is 6.01 Å². The molecule has 2 aromatic carbocycles. The van der Waals surface area contributed by atoms with Crippen molar-refractivity contribution in [3.8, 4) is 0 Å². The van der Waals surface area contributed by atoms with Gasteiger partial charge >= 0.3 is 6.03 Å². The molecule has 0 saturated carbocycles. The second-order valence-corrected chi connectivity index (χ2v) is 7.11. The number of oxazole rings is 1. The normalized spacial score (nSPS) is 11.1. The summed E-state index contributed by atoms with van der Waals surface area (Å²) < 4.78 is 7.80. The summed E-state index contributed by atoms with van der Waals surface area (Å²) in [5.74, 6) is 0.980. The van der Waals surface area contributed by atoms with Crippen LogP contribution < -0.4 is 15.5 Å². The number of aromatic nitrogens is 3. The fourth-order valence-electron chi connectivity index (χ4n) is 3.28. The number of nitrogens with one attached hydrogen (secondary N) is 2. The van der Waals surface area contributed by atoms with Crippen LogP contribution in [0.3, 0.4) is 0 Å². The topological polar surface area (TPSA) is 88.2 Å². The first-order valence-corrected chi connectivity index (χ1v) is 9.56. The number of nitrogens with zero attached hydrogens (tertiary/aromatic N) is 4. The maximum Gasteiger partial charge on any atom is 0.319 e. The Hall–Kier alpha value is -3.55. The highest BCUT2D eigenvalue weighted by molar-refractivity contribution is 5.91. The summed E-state index contributed by atoms with van der Waals surface area (Å²) in [6.07, 6.45) is 0.809. The van der Waals surface area contributed by atoms with E-state index in [1.807, 2.05) is 39.2 Å². The molecule has 4 aromatic rings. The number of para-hydroxylation sites is 2. The molecular weight excluding hydrogens is 368 g/mol. The molecule has 8 nitrogen and oxygen atoms in total. The Bertz CT molecular complexity index is 1160. The van der Waals surface area contributed by atoms with Crippen LogP contribution in [0.4, 0.5) is 16.5 Å². The van der Waals surface area contributed by atoms with Gasteiger partial charge in [0.05, 0.1) is 11.0 Å². The molecule has 0 fully saturated rings. The number of carbonyl (C=O) groups is 1. The molecule has 4 rings (SSSR count). The van der Waals surface area contributed by atoms with Gasteiger partial charge in [-0.3, -0.25) is 0 Å². The molecule has 0 atom stereocenters. The predicted molar refractivity (Wildman–Crippen MR) is 114 cm³/mol. The fraction of sp³-hybridized carbons (Fsp3) is 0.286. The number of imidazole rings is 1. The third-order valence-corrected chi connectivity index (χ3v) is 4.71. The first kappa shape index (κ1) is 18.8. The molecule has 29 heavy (non-hydrogen) atoms. The Kier molecular flexibility index (Phi) is 5.07. The first-order chi connectivity index (χ1) is 14.0. The van der Waals surface area contributed by atoms with Crippen LogP contribution in [0.1, 0.15) is 12.2 Å². The molecule has 0 aliphatic heterocycles. The van der Waals surface area contributed by atoms with Crippen LogP contribution in [0.2, 0.25) is 0 Å². The van der Waals surface area contributed by atoms with Crippen LogP contribution in [0.25, 0.3) is 22.1 Å². The molecule has 0 radical (unpaired) electrons. The van der Waals surface area contributed by atoms with E-state index in [0.717, 1.165) is 29.8 Å². The van der Waals surface area contributed by atoms with Crippen molar-refractivity contribution in [2.75, 3.05) is 30.9 Å². The van der Waals surface area contributed by atoms with Gasteiger partial charge in [0, 0.05) is 32.9 Å². The molecular formula is C21H24N6O2. The smallest absolute Gasteiger partial charge is 0.319 e. The molecule has 0 aliphatic carbocycles. The van der Waals surface area contributed by atoms with Crippen molar-refractivity contribution >= 4 is 39.9 Å². The Morgan fingerprint density at radius 2 is 1.97 bits per heavy atom. The van der Waals surface area contributed by atoms with E-state index in [-0.39, 0.29) is 6.03 Å². The summed E-state index contributed by atoms with van der Waals surface area (Å²) >= 11 is 0. The fourth-order valence-corrected chi connectivity index (χ4v) is 3.28. The zero-order valence-corrected chi connectivity index (χ0v) is 16.8. The van der Waals surface area contributed by atoms with Gasteiger partial charge in [-0.1, -0.05) is 12.1 Å². The maximum absolute atomic E-state index is 12.2. The van der Waals surface area contributed by atoms with Crippen LogP contribution in [-0.4, -0.2) is 41.2 Å². The number of carbonyl (C=O) groups excluding carboxylic acids is 1. The van der Waals surface area contributed by atoms with Crippen LogP contribution in [0.15, 0.2) is 46.9 Å². The zero-order valence-electron chi connectivity index (χ0n) is 16.8. The van der Waals surface area contributed by atoms with Crippen molar-refractivity contribution in [2.24, 2.45) is 0 Å². The number of anilines is 2. The minimum Gasteiger partial charge on any atom is -0.423 e. The lowest BCUT2D eigenvalue weighted by Gasteiger charge is -2.09. The minimum atomic E-state index is -0.243. The molecule has 8 heteroatoms. The average Bonchev–Trinajstić information content (AvgIpc) is 3.25. The first-order valence-electron chi connectivity index (χ1n) is 9.56. The van der Waals surface area contributed by atoms with Crippen molar-refractivity contribution in [2.45, 2.75) is 19.9 Å². The summed E-state index contributed by atoms with van der Waals surface area (Å²) in [7, 11) is 3.73. The lowest BCUT2D eigenvalue weighted by atomic mass is 10.3. The van der Waals surface area contributed by atoms with Gasteiger partial charge in [0.2, 0.25) is 0 Å². The third-order valence-electron chi connectivity index (χ3n) is 4.71. The van der Waals surface area contributed by atoms with Gasteiger partial charge < -0.3 is 24.5 Å². The minimum absolute atomic E-state index is 0.243. The summed E-state index contributed by atoms with van der Waals surface area (Å²) in [5, 5.41) is 5.74. The van der Waals surface area contributed by atoms with Crippen molar-refractivity contribution in [1.29, 1.82) is 0 Å². The number of amides is 2. The standard InChI is InChI=1S/C21H24N6O2/c1-14-23-16-7-4-5-8-18(16)27(14)12-6-11-22-20(28)24-15-9-10-19-17(13-15)25-21(29-19)26(2)3/h4-5,7-10,13H,6,11-12H2,1-3H3,(H2,22,24,28). The second-order valence-electron chi connectivity index (χ2n) is 7.11. The zero-order chi connectivity index (χ0) is 20.4. The largest absolute Gasteiger partial charge is 0.423 e. The molecule has 0 saturated heterocycles. The van der Waals surface area contributed by atoms with E-state index in [9.17, 15) is 4.79 Å². The highest BCUT2D eigenvalue weighted by atomic mass is 16.4. The SMILES string of the molecule is Cc1nc2ccccc2n1CCCNC(=O)Nc1ccc2oc(N(C)C)nc2c1. The quantitative estimate of drug-likeness (QED) is 0.488. The summed E-state index contributed by atoms with van der Waals surface area (Å²) in [4.78, 5) is 23.0. The van der Waals surface area contributed by atoms with Gasteiger partial charge in [-0.25, -0.2) is 9.78 Å². The van der Waals surface area contributed by atoms with Gasteiger partial charge in [0.1, 0.15) is 11.3 Å². The van der Waals surface area contributed by atoms with Crippen LogP contribution >= 0.6 is 0 Å². The van der Waals surface area contributed by atoms with E-state index < -0.39 is 0 Å². The van der Waals surface area contributed by atoms with Crippen molar-refractivity contribution in [3.63, 3.8) is 0 Å². The predicted octanol–water partition coefficient (Wildman–Crippen LogP) is 3.76. The highest BCUT2D eigenvalue weighted by Crippen LogP contribution is 2.23. The van der Waals surface area contributed by atoms with E-state index in [2.05, 4.69) is 31.2 Å². The third kappa shape index (κ3) is 4.01. The van der Waals surface area contributed by atoms with Gasteiger partial charge in [-0.15, -0.1) is 0 Å². The van der Waals surface area contributed by atoms with Crippen LogP contribution in [-0.2, 0) is 6.54 Å². The number of urea groups is 1. The lowest BCUT2D eigenvalue weighted by molar-refractivity contribution is 0.252. The number of aryl methyl sites for hydroxylation is 2. The molecule has 2 amide bonds. The molecule has 150 valence electrons. The van der Waals surface area contributed by atoms with Crippen LogP contribution in [0, 0.1) is 6.92 Å². The van der Waals surface area contributed by atoms with Crippen molar-refractivity contribution < 1.29 is 9.21 Å². The van der Waals surface area contributed by atoms with Crippen molar-refractivity contribution in [3.05, 3.63) is 48.3 Å². The molecule has 2 N–H and O–H groups in total. The summed E-state index contributed by atoms with van der Waals surface area (Å²) in [6.45, 7) is 3.36. The Morgan fingerprint density at radius 1 is 1.14 bits per heavy atom. The Balaban J connectivity index is 1.31. The summed E-state index contributed by atoms with van der Waals surface area (Å²) in [5.41, 5.74) is 4.17. The number of hydrogen-bond donors (Lipinski definition) is 2. The monoisotopic (exact) mass is 392 g/mol. The molecule has 0 aliphatic rings. The maximum atomic E-state index is 12.2. The lowest BCUT2D eigenvalue weighted by Crippen LogP contribution is -2.30. The average molecular weight is 392 g/mol. The van der Waals surface area contributed by atoms with Crippen LogP contribution in [0.5, 0.6) is 0 Å². The number of benzene rings is 2. The second kappa shape index (κ2) is 7.83. The molecule has 0 spiro atoms. The molecule has 2 aromatic heterocycles. The van der Waals surface area contributed by atoms with E-state index in [4.69, 9.17) is 4.42 Å². The van der Waals surface area contributed by atoms with Crippen molar-refractivity contribution in [1.82, 2.24) is 19.9 Å². The number of rotatable bonds is 6. The number of hydrogen-bond acceptors (Lipinski definition) is 5. The van der Waals surface area contributed by atoms with E-state index in [1.165, 1.54) is 0 Å². The highest BCUT2D eigenvalue weighted by Gasteiger charge is 2.10.